The molecule has 16 heavy (non-hydrogen) atoms. The summed E-state index contributed by atoms with van der Waals surface area (Å²) in [5.74, 6) is 0.509. The molecule has 0 N–H and O–H groups in total. The minimum atomic E-state index is -3.30. The number of hydrogen-bond acceptors (Lipinski definition) is 4. The monoisotopic (exact) mass is 239 g/mol. The zero-order valence-corrected chi connectivity index (χ0v) is 9.83. The van der Waals surface area contributed by atoms with Gasteiger partial charge in [-0.05, 0) is 24.6 Å². The van der Waals surface area contributed by atoms with Crippen LogP contribution in [0.25, 0.3) is 0 Å². The van der Waals surface area contributed by atoms with Crippen LogP contribution in [0.5, 0.6) is 5.75 Å². The lowest BCUT2D eigenvalue weighted by molar-refractivity contribution is 0.413. The van der Waals surface area contributed by atoms with Gasteiger partial charge in [0.2, 0.25) is 0 Å². The zero-order valence-electron chi connectivity index (χ0n) is 9.01. The molecule has 0 bridgehead atoms. The second kappa shape index (κ2) is 5.52. The first-order valence-electron chi connectivity index (χ1n) is 4.84. The van der Waals surface area contributed by atoms with Crippen LogP contribution in [-0.2, 0) is 9.84 Å². The molecule has 0 unspecified atom stereocenters. The summed E-state index contributed by atoms with van der Waals surface area (Å²) in [5.41, 5.74) is 0. The molecule has 0 aliphatic carbocycles. The van der Waals surface area contributed by atoms with Gasteiger partial charge in [0.05, 0.1) is 23.8 Å². The Hall–Kier alpha value is -1.54. The lowest BCUT2D eigenvalue weighted by Gasteiger charge is -2.05. The number of methoxy groups -OCH3 is 1. The van der Waals surface area contributed by atoms with E-state index in [4.69, 9.17) is 10.00 Å². The molecule has 1 aromatic rings. The number of benzene rings is 1. The van der Waals surface area contributed by atoms with Crippen LogP contribution in [0.2, 0.25) is 0 Å². The third kappa shape index (κ3) is 3.24. The van der Waals surface area contributed by atoms with Gasteiger partial charge in [0, 0.05) is 6.42 Å². The normalized spacial score (nSPS) is 10.8. The van der Waals surface area contributed by atoms with E-state index in [1.54, 1.807) is 12.1 Å². The van der Waals surface area contributed by atoms with Gasteiger partial charge in [-0.1, -0.05) is 6.07 Å². The SMILES string of the molecule is COc1cccc(S(=O)(=O)CCCC#N)c1. The van der Waals surface area contributed by atoms with Gasteiger partial charge in [-0.2, -0.15) is 5.26 Å². The average Bonchev–Trinajstić information content (AvgIpc) is 2.29. The highest BCUT2D eigenvalue weighted by atomic mass is 32.2. The summed E-state index contributed by atoms with van der Waals surface area (Å²) < 4.78 is 28.6. The van der Waals surface area contributed by atoms with Crippen LogP contribution in [-0.4, -0.2) is 21.3 Å². The van der Waals surface area contributed by atoms with E-state index in [-0.39, 0.29) is 17.1 Å². The zero-order chi connectivity index (χ0) is 12.0. The van der Waals surface area contributed by atoms with Crippen molar-refractivity contribution in [1.82, 2.24) is 0 Å². The van der Waals surface area contributed by atoms with E-state index >= 15 is 0 Å². The largest absolute Gasteiger partial charge is 0.497 e. The van der Waals surface area contributed by atoms with E-state index in [0.717, 1.165) is 0 Å². The molecule has 0 aromatic heterocycles. The summed E-state index contributed by atoms with van der Waals surface area (Å²) in [6, 6.07) is 8.27. The molecule has 0 spiro atoms. The number of hydrogen-bond donors (Lipinski definition) is 0. The minimum absolute atomic E-state index is 0.00622. The van der Waals surface area contributed by atoms with Crippen molar-refractivity contribution in [3.63, 3.8) is 0 Å². The predicted octanol–water partition coefficient (Wildman–Crippen LogP) is 1.77. The van der Waals surface area contributed by atoms with Crippen molar-refractivity contribution in [3.8, 4) is 11.8 Å². The maximum absolute atomic E-state index is 11.8. The predicted molar refractivity (Wildman–Crippen MR) is 59.9 cm³/mol. The Morgan fingerprint density at radius 1 is 1.44 bits per heavy atom. The molecule has 0 radical (unpaired) electrons. The van der Waals surface area contributed by atoms with E-state index in [2.05, 4.69) is 0 Å². The molecule has 0 atom stereocenters. The molecule has 1 rings (SSSR count). The van der Waals surface area contributed by atoms with Crippen molar-refractivity contribution in [1.29, 1.82) is 5.26 Å². The molecular weight excluding hydrogens is 226 g/mol. The molecule has 86 valence electrons. The van der Waals surface area contributed by atoms with Crippen LogP contribution in [0.3, 0.4) is 0 Å². The maximum atomic E-state index is 11.8. The standard InChI is InChI=1S/C11H13NO3S/c1-15-10-5-4-6-11(9-10)16(13,14)8-3-2-7-12/h4-6,9H,2-3,8H2,1H3. The maximum Gasteiger partial charge on any atom is 0.178 e. The number of nitriles is 1. The van der Waals surface area contributed by atoms with Crippen LogP contribution in [0, 0.1) is 11.3 Å². The molecule has 0 aliphatic heterocycles. The summed E-state index contributed by atoms with van der Waals surface area (Å²) >= 11 is 0. The first-order valence-corrected chi connectivity index (χ1v) is 6.49. The Morgan fingerprint density at radius 2 is 2.19 bits per heavy atom. The average molecular weight is 239 g/mol. The fourth-order valence-corrected chi connectivity index (χ4v) is 2.60. The molecular formula is C11H13NO3S. The third-order valence-corrected chi connectivity index (χ3v) is 3.90. The van der Waals surface area contributed by atoms with Gasteiger partial charge < -0.3 is 4.74 Å². The Kier molecular flexibility index (Phi) is 4.32. The topological polar surface area (TPSA) is 67.2 Å². The number of unbranched alkanes of at least 4 members (excludes halogenated alkanes) is 1. The number of nitrogens with zero attached hydrogens (tertiary/aromatic N) is 1. The van der Waals surface area contributed by atoms with Crippen molar-refractivity contribution < 1.29 is 13.2 Å². The van der Waals surface area contributed by atoms with Crippen LogP contribution in [0.4, 0.5) is 0 Å². The lowest BCUT2D eigenvalue weighted by atomic mass is 10.3. The molecule has 0 fully saturated rings. The summed E-state index contributed by atoms with van der Waals surface area (Å²) in [6.07, 6.45) is 0.610. The van der Waals surface area contributed by atoms with Crippen LogP contribution in [0.1, 0.15) is 12.8 Å². The summed E-state index contributed by atoms with van der Waals surface area (Å²) in [5, 5.41) is 8.35. The van der Waals surface area contributed by atoms with E-state index in [1.807, 2.05) is 6.07 Å². The quantitative estimate of drug-likeness (QED) is 0.734. The van der Waals surface area contributed by atoms with Crippen molar-refractivity contribution in [3.05, 3.63) is 24.3 Å². The molecule has 0 heterocycles. The molecule has 0 aliphatic rings. The van der Waals surface area contributed by atoms with E-state index in [9.17, 15) is 8.42 Å². The van der Waals surface area contributed by atoms with Crippen LogP contribution >= 0.6 is 0 Å². The van der Waals surface area contributed by atoms with Gasteiger partial charge >= 0.3 is 0 Å². The Morgan fingerprint density at radius 3 is 2.81 bits per heavy atom. The molecule has 0 amide bonds. The van der Waals surface area contributed by atoms with E-state index < -0.39 is 9.84 Å². The summed E-state index contributed by atoms with van der Waals surface area (Å²) in [6.45, 7) is 0. The van der Waals surface area contributed by atoms with Gasteiger partial charge in [-0.15, -0.1) is 0 Å². The van der Waals surface area contributed by atoms with Gasteiger partial charge in [-0.25, -0.2) is 8.42 Å². The van der Waals surface area contributed by atoms with Gasteiger partial charge in [0.15, 0.2) is 9.84 Å². The highest BCUT2D eigenvalue weighted by Crippen LogP contribution is 2.18. The molecule has 5 heteroatoms. The smallest absolute Gasteiger partial charge is 0.178 e. The van der Waals surface area contributed by atoms with Crippen molar-refractivity contribution in [2.24, 2.45) is 0 Å². The summed E-state index contributed by atoms with van der Waals surface area (Å²) in [4.78, 5) is 0.241. The van der Waals surface area contributed by atoms with Crippen LogP contribution < -0.4 is 4.74 Å². The minimum Gasteiger partial charge on any atom is -0.497 e. The third-order valence-electron chi connectivity index (χ3n) is 2.10. The molecule has 0 saturated carbocycles. The molecule has 1 aromatic carbocycles. The van der Waals surface area contributed by atoms with E-state index in [1.165, 1.54) is 19.2 Å². The van der Waals surface area contributed by atoms with E-state index in [0.29, 0.717) is 12.2 Å². The summed E-state index contributed by atoms with van der Waals surface area (Å²) in [7, 11) is -1.81. The number of ether oxygens (including phenoxy) is 1. The Balaban J connectivity index is 2.86. The van der Waals surface area contributed by atoms with Crippen LogP contribution in [0.15, 0.2) is 29.2 Å². The molecule has 4 nitrogen and oxygen atoms in total. The fraction of sp³-hybridized carbons (Fsp3) is 0.364. The highest BCUT2D eigenvalue weighted by molar-refractivity contribution is 7.91. The van der Waals surface area contributed by atoms with Gasteiger partial charge in [0.1, 0.15) is 5.75 Å². The number of sulfone groups is 1. The second-order valence-corrected chi connectivity index (χ2v) is 5.37. The molecule has 0 saturated heterocycles. The Labute approximate surface area is 95.4 Å². The van der Waals surface area contributed by atoms with Crippen molar-refractivity contribution in [2.75, 3.05) is 12.9 Å². The highest BCUT2D eigenvalue weighted by Gasteiger charge is 2.14. The first-order chi connectivity index (χ1) is 7.60. The van der Waals surface area contributed by atoms with Gasteiger partial charge in [-0.3, -0.25) is 0 Å². The Bertz CT molecular complexity index is 488. The first kappa shape index (κ1) is 12.5. The lowest BCUT2D eigenvalue weighted by Crippen LogP contribution is -2.06. The van der Waals surface area contributed by atoms with Crippen molar-refractivity contribution >= 4 is 9.84 Å². The fourth-order valence-electron chi connectivity index (χ4n) is 1.25. The number of rotatable bonds is 5. The van der Waals surface area contributed by atoms with Gasteiger partial charge in [0.25, 0.3) is 0 Å². The van der Waals surface area contributed by atoms with Crippen molar-refractivity contribution in [2.45, 2.75) is 17.7 Å². The second-order valence-electron chi connectivity index (χ2n) is 3.26.